The number of hydrogen-bond donors (Lipinski definition) is 4. The summed E-state index contributed by atoms with van der Waals surface area (Å²) in [5.74, 6) is -0.509. The number of rotatable bonds is 10. The van der Waals surface area contributed by atoms with Crippen molar-refractivity contribution in [2.75, 3.05) is 6.54 Å². The largest absolute Gasteiger partial charge is 0.457 e. The molecule has 9 nitrogen and oxygen atoms in total. The Kier molecular flexibility index (Phi) is 12.7. The van der Waals surface area contributed by atoms with Gasteiger partial charge >= 0.3 is 12.1 Å². The average molecular weight is 568 g/mol. The van der Waals surface area contributed by atoms with Crippen LogP contribution < -0.4 is 5.32 Å². The third-order valence-electron chi connectivity index (χ3n) is 7.84. The SMILES string of the molecule is [3H]CCNC(=O)OC1/C=C\C(C)C(/C(C)=C/C=C/C(C)CC2OC2C(C)C(O)CC)OC(=O)CC(O)CCC1(C)O. The third kappa shape index (κ3) is 10.7. The van der Waals surface area contributed by atoms with Crippen LogP contribution in [0.2, 0.25) is 0 Å². The maximum atomic E-state index is 12.7. The highest BCUT2D eigenvalue weighted by Gasteiger charge is 2.45. The van der Waals surface area contributed by atoms with E-state index in [1.165, 1.54) is 6.92 Å². The molecule has 2 heterocycles. The Labute approximate surface area is 241 Å². The molecule has 0 aromatic rings. The Hall–Kier alpha value is -2.20. The fraction of sp³-hybridized carbons (Fsp3) is 0.742. The number of cyclic esters (lactones) is 1. The second-order valence-electron chi connectivity index (χ2n) is 11.6. The normalized spacial score (nSPS) is 35.4. The third-order valence-corrected chi connectivity index (χ3v) is 7.84. The monoisotopic (exact) mass is 567 g/mol. The van der Waals surface area contributed by atoms with Gasteiger partial charge in [-0.1, -0.05) is 52.0 Å². The first-order valence-electron chi connectivity index (χ1n) is 15.2. The van der Waals surface area contributed by atoms with Crippen molar-refractivity contribution in [3.05, 3.63) is 36.0 Å². The van der Waals surface area contributed by atoms with Crippen LogP contribution in [0.5, 0.6) is 0 Å². The molecule has 9 heteroatoms. The van der Waals surface area contributed by atoms with Crippen LogP contribution in [0.4, 0.5) is 4.79 Å². The van der Waals surface area contributed by atoms with Crippen LogP contribution in [0.1, 0.15) is 81.9 Å². The summed E-state index contributed by atoms with van der Waals surface area (Å²) >= 11 is 0. The molecule has 1 amide bonds. The smallest absolute Gasteiger partial charge is 0.407 e. The summed E-state index contributed by atoms with van der Waals surface area (Å²) in [5, 5.41) is 34.1. The van der Waals surface area contributed by atoms with E-state index in [4.69, 9.17) is 15.6 Å². The first-order chi connectivity index (χ1) is 19.3. The van der Waals surface area contributed by atoms with Crippen molar-refractivity contribution in [3.63, 3.8) is 0 Å². The zero-order chi connectivity index (χ0) is 30.7. The highest BCUT2D eigenvalue weighted by Crippen LogP contribution is 2.36. The van der Waals surface area contributed by atoms with Gasteiger partial charge in [-0.25, -0.2) is 4.79 Å². The van der Waals surface area contributed by atoms with Crippen LogP contribution in [0.3, 0.4) is 0 Å². The molecule has 2 aliphatic rings. The topological polar surface area (TPSA) is 138 Å². The standard InChI is InChI=1S/C31H51NO8/c1-8-24(34)22(6)29-25(38-29)17-19(3)11-10-12-20(4)28-21(5)13-14-26(39-30(36)32-9-2)31(7,37)16-15-23(33)18-27(35)40-28/h10-14,19,21-26,28-29,33-34,37H,8-9,15-18H2,1-7H3,(H,32,36)/b11-10+,14-13-,20-12+/i2T. The summed E-state index contributed by atoms with van der Waals surface area (Å²) in [6.07, 6.45) is 7.25. The Morgan fingerprint density at radius 3 is 2.77 bits per heavy atom. The first kappa shape index (κ1) is 32.3. The minimum Gasteiger partial charge on any atom is -0.457 e. The van der Waals surface area contributed by atoms with Crippen LogP contribution >= 0.6 is 0 Å². The Bertz CT molecular complexity index is 935. The summed E-state index contributed by atoms with van der Waals surface area (Å²) in [5.41, 5.74) is -0.697. The minimum absolute atomic E-state index is 0.00170. The molecule has 2 aliphatic heterocycles. The summed E-state index contributed by atoms with van der Waals surface area (Å²) < 4.78 is 24.3. The molecule has 0 aromatic heterocycles. The Morgan fingerprint density at radius 1 is 1.38 bits per heavy atom. The van der Waals surface area contributed by atoms with Gasteiger partial charge in [0.05, 0.1) is 30.8 Å². The number of carbonyl (C=O) groups excluding carboxylic acids is 2. The summed E-state index contributed by atoms with van der Waals surface area (Å²) in [6.45, 7) is 11.5. The van der Waals surface area contributed by atoms with Crippen LogP contribution in [-0.4, -0.2) is 76.2 Å². The number of alkyl carbamates (subject to hydrolysis) is 1. The summed E-state index contributed by atoms with van der Waals surface area (Å²) in [6, 6.07) is 0. The predicted octanol–water partition coefficient (Wildman–Crippen LogP) is 4.20. The summed E-state index contributed by atoms with van der Waals surface area (Å²) in [4.78, 5) is 24.9. The molecule has 1 saturated heterocycles. The van der Waals surface area contributed by atoms with E-state index in [1.54, 1.807) is 12.2 Å². The van der Waals surface area contributed by atoms with Gasteiger partial charge in [0.1, 0.15) is 11.7 Å². The quantitative estimate of drug-likeness (QED) is 0.133. The van der Waals surface area contributed by atoms with Gasteiger partial charge in [-0.05, 0) is 64.0 Å². The van der Waals surface area contributed by atoms with E-state index in [1.807, 2.05) is 39.8 Å². The Balaban J connectivity index is 2.15. The molecule has 0 spiro atoms. The first-order valence-corrected chi connectivity index (χ1v) is 14.5. The van der Waals surface area contributed by atoms with Crippen molar-refractivity contribution in [2.24, 2.45) is 17.8 Å². The molecular weight excluding hydrogens is 514 g/mol. The van der Waals surface area contributed by atoms with Gasteiger partial charge in [0, 0.05) is 19.8 Å². The zero-order valence-corrected chi connectivity index (χ0v) is 24.9. The molecule has 40 heavy (non-hydrogen) atoms. The number of epoxide rings is 1. The van der Waals surface area contributed by atoms with Gasteiger partial charge in [0.15, 0.2) is 6.10 Å². The number of allylic oxidation sites excluding steroid dienone is 3. The van der Waals surface area contributed by atoms with Crippen molar-refractivity contribution in [1.29, 1.82) is 0 Å². The van der Waals surface area contributed by atoms with Gasteiger partial charge in [-0.2, -0.15) is 0 Å². The van der Waals surface area contributed by atoms with Crippen LogP contribution in [-0.2, 0) is 19.0 Å². The maximum Gasteiger partial charge on any atom is 0.407 e. The number of ether oxygens (including phenoxy) is 3. The highest BCUT2D eigenvalue weighted by molar-refractivity contribution is 5.70. The number of nitrogens with one attached hydrogen (secondary N) is 1. The van der Waals surface area contributed by atoms with Gasteiger partial charge in [0.25, 0.3) is 0 Å². The molecule has 0 aromatic carbocycles. The molecule has 228 valence electrons. The second kappa shape index (κ2) is 15.7. The number of carbonyl (C=O) groups is 2. The van der Waals surface area contributed by atoms with Crippen LogP contribution in [0, 0.1) is 17.8 Å². The van der Waals surface area contributed by atoms with Crippen molar-refractivity contribution >= 4 is 12.1 Å². The lowest BCUT2D eigenvalue weighted by Gasteiger charge is -2.32. The van der Waals surface area contributed by atoms with E-state index in [-0.39, 0.29) is 68.8 Å². The molecule has 10 atom stereocenters. The van der Waals surface area contributed by atoms with E-state index in [2.05, 4.69) is 18.3 Å². The van der Waals surface area contributed by atoms with Crippen molar-refractivity contribution in [2.45, 2.75) is 123 Å². The number of amides is 1. The van der Waals surface area contributed by atoms with Crippen LogP contribution in [0.25, 0.3) is 0 Å². The molecule has 4 N–H and O–H groups in total. The molecule has 0 radical (unpaired) electrons. The van der Waals surface area contributed by atoms with Gasteiger partial charge in [-0.15, -0.1) is 0 Å². The fourth-order valence-corrected chi connectivity index (χ4v) is 5.05. The van der Waals surface area contributed by atoms with E-state index in [0.717, 1.165) is 12.0 Å². The molecule has 1 fully saturated rings. The van der Waals surface area contributed by atoms with E-state index < -0.39 is 36.0 Å². The van der Waals surface area contributed by atoms with Gasteiger partial charge in [0.2, 0.25) is 0 Å². The van der Waals surface area contributed by atoms with E-state index in [0.29, 0.717) is 6.42 Å². The Morgan fingerprint density at radius 2 is 2.10 bits per heavy atom. The molecule has 0 aliphatic carbocycles. The summed E-state index contributed by atoms with van der Waals surface area (Å²) in [7, 11) is 0. The highest BCUT2D eigenvalue weighted by atomic mass is 16.6. The fourth-order valence-electron chi connectivity index (χ4n) is 5.05. The predicted molar refractivity (Wildman–Crippen MR) is 153 cm³/mol. The van der Waals surface area contributed by atoms with Crippen LogP contribution in [0.15, 0.2) is 36.0 Å². The minimum atomic E-state index is -1.49. The number of aliphatic hydroxyl groups excluding tert-OH is 2. The molecule has 10 unspecified atom stereocenters. The van der Waals surface area contributed by atoms with Crippen molar-refractivity contribution in [3.8, 4) is 0 Å². The van der Waals surface area contributed by atoms with E-state index in [9.17, 15) is 24.9 Å². The maximum absolute atomic E-state index is 12.7. The second-order valence-corrected chi connectivity index (χ2v) is 11.6. The van der Waals surface area contributed by atoms with Crippen molar-refractivity contribution in [1.82, 2.24) is 5.32 Å². The van der Waals surface area contributed by atoms with Gasteiger partial charge in [-0.3, -0.25) is 4.79 Å². The number of aliphatic hydroxyl groups is 3. The number of esters is 1. The van der Waals surface area contributed by atoms with Gasteiger partial charge < -0.3 is 34.8 Å². The van der Waals surface area contributed by atoms with E-state index >= 15 is 0 Å². The lowest BCUT2D eigenvalue weighted by Crippen LogP contribution is -2.44. The molecule has 2 rings (SSSR count). The molecular formula is C31H51NO8. The van der Waals surface area contributed by atoms with Crippen molar-refractivity contribution < 1.29 is 40.5 Å². The lowest BCUT2D eigenvalue weighted by molar-refractivity contribution is -0.151. The number of hydrogen-bond acceptors (Lipinski definition) is 8. The lowest BCUT2D eigenvalue weighted by atomic mass is 9.88. The average Bonchev–Trinajstić information content (AvgIpc) is 3.68. The zero-order valence-electron chi connectivity index (χ0n) is 25.9. The molecule has 0 bridgehead atoms. The molecule has 0 saturated carbocycles.